The summed E-state index contributed by atoms with van der Waals surface area (Å²) in [4.78, 5) is 22.1. The standard InChI is InChI=1S/C12H13N3O4.C2H6.CH4/c1-12(2,3)19-11(16)14-10-5-4-9(15(17)18)6-8(10)7-13-14;1-2;/h4-7H,1-3H3;1-2H3;1H4. The van der Waals surface area contributed by atoms with Crippen LogP contribution in [0.4, 0.5) is 10.5 Å². The molecular weight excluding hydrogens is 286 g/mol. The van der Waals surface area contributed by atoms with Crippen LogP contribution in [0.25, 0.3) is 10.9 Å². The molecule has 0 spiro atoms. The van der Waals surface area contributed by atoms with E-state index in [1.165, 1.54) is 24.4 Å². The number of hydrogen-bond donors (Lipinski definition) is 0. The second-order valence-corrected chi connectivity index (χ2v) is 5.04. The molecule has 0 saturated carbocycles. The molecule has 7 heteroatoms. The molecule has 2 rings (SSSR count). The summed E-state index contributed by atoms with van der Waals surface area (Å²) in [6.07, 6.45) is 0.781. The third-order valence-electron chi connectivity index (χ3n) is 2.33. The Balaban J connectivity index is 0.00000141. The van der Waals surface area contributed by atoms with Crippen molar-refractivity contribution in [2.45, 2.75) is 47.6 Å². The molecular formula is C15H23N3O4. The molecule has 0 unspecified atom stereocenters. The van der Waals surface area contributed by atoms with Crippen molar-refractivity contribution in [3.05, 3.63) is 34.5 Å². The Morgan fingerprint density at radius 3 is 2.41 bits per heavy atom. The van der Waals surface area contributed by atoms with Crippen LogP contribution in [-0.4, -0.2) is 26.4 Å². The van der Waals surface area contributed by atoms with E-state index in [2.05, 4.69) is 5.10 Å². The van der Waals surface area contributed by atoms with Crippen molar-refractivity contribution in [1.82, 2.24) is 9.78 Å². The quantitative estimate of drug-likeness (QED) is 0.576. The zero-order valence-corrected chi connectivity index (χ0v) is 12.8. The second-order valence-electron chi connectivity index (χ2n) is 5.04. The maximum Gasteiger partial charge on any atom is 0.435 e. The van der Waals surface area contributed by atoms with Crippen molar-refractivity contribution in [2.24, 2.45) is 0 Å². The third-order valence-corrected chi connectivity index (χ3v) is 2.33. The van der Waals surface area contributed by atoms with Crippen molar-refractivity contribution in [2.75, 3.05) is 0 Å². The van der Waals surface area contributed by atoms with Gasteiger partial charge in [-0.3, -0.25) is 10.1 Å². The fourth-order valence-corrected chi connectivity index (χ4v) is 1.58. The molecule has 0 amide bonds. The minimum atomic E-state index is -0.629. The van der Waals surface area contributed by atoms with Gasteiger partial charge in [0.15, 0.2) is 0 Å². The van der Waals surface area contributed by atoms with E-state index in [0.717, 1.165) is 4.68 Å². The predicted octanol–water partition coefficient (Wildman–Crippen LogP) is 4.39. The molecule has 0 aliphatic rings. The lowest BCUT2D eigenvalue weighted by atomic mass is 10.2. The average Bonchev–Trinajstić information content (AvgIpc) is 2.81. The van der Waals surface area contributed by atoms with E-state index in [4.69, 9.17) is 4.74 Å². The van der Waals surface area contributed by atoms with Crippen molar-refractivity contribution in [1.29, 1.82) is 0 Å². The third kappa shape index (κ3) is 4.54. The number of rotatable bonds is 1. The van der Waals surface area contributed by atoms with Gasteiger partial charge in [-0.1, -0.05) is 21.3 Å². The van der Waals surface area contributed by atoms with Crippen molar-refractivity contribution in [3.63, 3.8) is 0 Å². The highest BCUT2D eigenvalue weighted by atomic mass is 16.6. The van der Waals surface area contributed by atoms with Crippen LogP contribution in [0.5, 0.6) is 0 Å². The monoisotopic (exact) mass is 309 g/mol. The summed E-state index contributed by atoms with van der Waals surface area (Å²) in [5.41, 5.74) is -0.202. The van der Waals surface area contributed by atoms with Gasteiger partial charge in [0.05, 0.1) is 16.6 Å². The van der Waals surface area contributed by atoms with Crippen molar-refractivity contribution < 1.29 is 14.5 Å². The van der Waals surface area contributed by atoms with Crippen molar-refractivity contribution in [3.8, 4) is 0 Å². The van der Waals surface area contributed by atoms with E-state index in [1.807, 2.05) is 13.8 Å². The smallest absolute Gasteiger partial charge is 0.435 e. The molecule has 0 atom stereocenters. The van der Waals surface area contributed by atoms with E-state index in [-0.39, 0.29) is 13.1 Å². The molecule has 122 valence electrons. The summed E-state index contributed by atoms with van der Waals surface area (Å²) in [5, 5.41) is 15.1. The van der Waals surface area contributed by atoms with Gasteiger partial charge in [-0.05, 0) is 26.8 Å². The van der Waals surface area contributed by atoms with Gasteiger partial charge >= 0.3 is 6.09 Å². The molecule has 0 N–H and O–H groups in total. The number of carbonyl (C=O) groups is 1. The lowest BCUT2D eigenvalue weighted by molar-refractivity contribution is -0.384. The van der Waals surface area contributed by atoms with E-state index in [9.17, 15) is 14.9 Å². The van der Waals surface area contributed by atoms with Crippen LogP contribution in [0, 0.1) is 10.1 Å². The highest BCUT2D eigenvalue weighted by Gasteiger charge is 2.20. The molecule has 0 bridgehead atoms. The zero-order chi connectivity index (χ0) is 16.2. The largest absolute Gasteiger partial charge is 0.442 e. The first-order chi connectivity index (χ1) is 9.78. The number of ether oxygens (including phenoxy) is 1. The summed E-state index contributed by atoms with van der Waals surface area (Å²) < 4.78 is 6.28. The molecule has 0 aliphatic heterocycles. The number of nitro groups is 1. The Labute approximate surface area is 130 Å². The minimum Gasteiger partial charge on any atom is -0.442 e. The number of hydrogen-bond acceptors (Lipinski definition) is 5. The number of fused-ring (bicyclic) bond motifs is 1. The molecule has 0 aliphatic carbocycles. The number of aromatic nitrogens is 2. The van der Waals surface area contributed by atoms with Crippen LogP contribution in [0.1, 0.15) is 42.0 Å². The lowest BCUT2D eigenvalue weighted by Gasteiger charge is -2.19. The van der Waals surface area contributed by atoms with Gasteiger partial charge < -0.3 is 4.74 Å². The number of carbonyl (C=O) groups excluding carboxylic acids is 1. The zero-order valence-electron chi connectivity index (χ0n) is 12.8. The van der Waals surface area contributed by atoms with E-state index in [0.29, 0.717) is 10.9 Å². The molecule has 0 saturated heterocycles. The fraction of sp³-hybridized carbons (Fsp3) is 0.467. The average molecular weight is 309 g/mol. The number of nitro benzene ring substituents is 1. The minimum absolute atomic E-state index is 0. The summed E-state index contributed by atoms with van der Waals surface area (Å²) >= 11 is 0. The van der Waals surface area contributed by atoms with Crippen LogP contribution in [0.3, 0.4) is 0 Å². The Morgan fingerprint density at radius 2 is 1.91 bits per heavy atom. The molecule has 22 heavy (non-hydrogen) atoms. The Kier molecular flexibility index (Phi) is 6.70. The maximum absolute atomic E-state index is 11.9. The van der Waals surface area contributed by atoms with Crippen LogP contribution in [0.2, 0.25) is 0 Å². The first-order valence-corrected chi connectivity index (χ1v) is 6.63. The molecule has 2 aromatic rings. The Morgan fingerprint density at radius 1 is 1.32 bits per heavy atom. The van der Waals surface area contributed by atoms with Crippen LogP contribution >= 0.6 is 0 Å². The molecule has 0 fully saturated rings. The lowest BCUT2D eigenvalue weighted by Crippen LogP contribution is -2.27. The van der Waals surface area contributed by atoms with Gasteiger partial charge in [0.25, 0.3) is 5.69 Å². The molecule has 7 nitrogen and oxygen atoms in total. The van der Waals surface area contributed by atoms with Crippen LogP contribution < -0.4 is 0 Å². The number of benzene rings is 1. The predicted molar refractivity (Wildman–Crippen MR) is 86.1 cm³/mol. The van der Waals surface area contributed by atoms with Gasteiger partial charge in [0.2, 0.25) is 0 Å². The summed E-state index contributed by atoms with van der Waals surface area (Å²) in [5.74, 6) is 0. The number of nitrogens with zero attached hydrogens (tertiary/aromatic N) is 3. The van der Waals surface area contributed by atoms with Crippen molar-refractivity contribution >= 4 is 22.7 Å². The van der Waals surface area contributed by atoms with Gasteiger partial charge in [-0.2, -0.15) is 9.78 Å². The SMILES string of the molecule is C.CC.CC(C)(C)OC(=O)n1ncc2cc([N+](=O)[O-])ccc21. The van der Waals surface area contributed by atoms with Gasteiger partial charge in [-0.15, -0.1) is 0 Å². The highest BCUT2D eigenvalue weighted by Crippen LogP contribution is 2.21. The van der Waals surface area contributed by atoms with Gasteiger partial charge in [-0.25, -0.2) is 4.79 Å². The topological polar surface area (TPSA) is 87.3 Å². The Hall–Kier alpha value is -2.44. The first-order valence-electron chi connectivity index (χ1n) is 6.63. The summed E-state index contributed by atoms with van der Waals surface area (Å²) in [7, 11) is 0. The number of non-ortho nitro benzene ring substituents is 1. The first kappa shape index (κ1) is 19.6. The van der Waals surface area contributed by atoms with Crippen LogP contribution in [-0.2, 0) is 4.74 Å². The van der Waals surface area contributed by atoms with E-state index in [1.54, 1.807) is 20.8 Å². The fourth-order valence-electron chi connectivity index (χ4n) is 1.58. The Bertz CT molecular complexity index is 656. The molecule has 1 heterocycles. The highest BCUT2D eigenvalue weighted by molar-refractivity contribution is 5.88. The second kappa shape index (κ2) is 7.53. The summed E-state index contributed by atoms with van der Waals surface area (Å²) in [6, 6.07) is 4.17. The van der Waals surface area contributed by atoms with E-state index < -0.39 is 16.6 Å². The van der Waals surface area contributed by atoms with E-state index >= 15 is 0 Å². The van der Waals surface area contributed by atoms with Crippen LogP contribution in [0.15, 0.2) is 24.4 Å². The normalized spacial score (nSPS) is 10.2. The molecule has 0 radical (unpaired) electrons. The molecule has 1 aromatic heterocycles. The van der Waals surface area contributed by atoms with Gasteiger partial charge in [0.1, 0.15) is 5.60 Å². The molecule has 1 aromatic carbocycles. The van der Waals surface area contributed by atoms with Gasteiger partial charge in [0, 0.05) is 17.5 Å². The summed E-state index contributed by atoms with van der Waals surface area (Å²) in [6.45, 7) is 9.25. The maximum atomic E-state index is 11.9.